The summed E-state index contributed by atoms with van der Waals surface area (Å²) in [6.07, 6.45) is 5.79. The standard InChI is InChI=1S/C9H11BrN2/c10-9-6-8(4-5-11-9)12-7-2-1-3-7/h4-7H,1-3H2,(H,11,12). The van der Waals surface area contributed by atoms with E-state index in [0.717, 1.165) is 4.60 Å². The number of nitrogens with one attached hydrogen (secondary N) is 1. The Morgan fingerprint density at radius 2 is 2.33 bits per heavy atom. The minimum absolute atomic E-state index is 0.694. The lowest BCUT2D eigenvalue weighted by Crippen LogP contribution is -2.26. The van der Waals surface area contributed by atoms with E-state index in [1.165, 1.54) is 24.9 Å². The molecule has 1 heterocycles. The number of rotatable bonds is 2. The average molecular weight is 227 g/mol. The van der Waals surface area contributed by atoms with Gasteiger partial charge < -0.3 is 5.32 Å². The number of anilines is 1. The number of aromatic nitrogens is 1. The largest absolute Gasteiger partial charge is 0.382 e. The Morgan fingerprint density at radius 1 is 1.50 bits per heavy atom. The zero-order valence-corrected chi connectivity index (χ0v) is 8.34. The molecule has 0 spiro atoms. The van der Waals surface area contributed by atoms with Crippen molar-refractivity contribution in [2.24, 2.45) is 0 Å². The maximum atomic E-state index is 4.07. The van der Waals surface area contributed by atoms with E-state index >= 15 is 0 Å². The highest BCUT2D eigenvalue weighted by molar-refractivity contribution is 9.10. The SMILES string of the molecule is Brc1cc(NC2CCC2)ccn1. The molecule has 0 radical (unpaired) electrons. The van der Waals surface area contributed by atoms with E-state index in [9.17, 15) is 0 Å². The maximum absolute atomic E-state index is 4.07. The summed E-state index contributed by atoms with van der Waals surface area (Å²) in [5.41, 5.74) is 1.17. The zero-order chi connectivity index (χ0) is 8.39. The molecule has 64 valence electrons. The van der Waals surface area contributed by atoms with Crippen LogP contribution in [0.2, 0.25) is 0 Å². The lowest BCUT2D eigenvalue weighted by molar-refractivity contribution is 0.445. The van der Waals surface area contributed by atoms with Crippen LogP contribution in [0, 0.1) is 0 Å². The van der Waals surface area contributed by atoms with Crippen LogP contribution in [0.1, 0.15) is 19.3 Å². The zero-order valence-electron chi connectivity index (χ0n) is 6.76. The summed E-state index contributed by atoms with van der Waals surface area (Å²) >= 11 is 3.34. The molecule has 2 rings (SSSR count). The third-order valence-corrected chi connectivity index (χ3v) is 2.64. The molecular weight excluding hydrogens is 216 g/mol. The van der Waals surface area contributed by atoms with Gasteiger partial charge in [0, 0.05) is 17.9 Å². The van der Waals surface area contributed by atoms with Crippen LogP contribution in [-0.4, -0.2) is 11.0 Å². The number of nitrogens with zero attached hydrogens (tertiary/aromatic N) is 1. The molecule has 0 saturated heterocycles. The molecule has 12 heavy (non-hydrogen) atoms. The molecule has 0 aliphatic heterocycles. The van der Waals surface area contributed by atoms with Crippen molar-refractivity contribution < 1.29 is 0 Å². The van der Waals surface area contributed by atoms with E-state index in [2.05, 4.69) is 26.2 Å². The second-order valence-electron chi connectivity index (χ2n) is 3.14. The second kappa shape index (κ2) is 3.44. The van der Waals surface area contributed by atoms with E-state index in [-0.39, 0.29) is 0 Å². The Labute approximate surface area is 80.5 Å². The molecule has 1 aliphatic rings. The Balaban J connectivity index is 2.02. The molecule has 2 nitrogen and oxygen atoms in total. The van der Waals surface area contributed by atoms with Crippen molar-refractivity contribution in [3.8, 4) is 0 Å². The lowest BCUT2D eigenvalue weighted by Gasteiger charge is -2.27. The minimum Gasteiger partial charge on any atom is -0.382 e. The summed E-state index contributed by atoms with van der Waals surface area (Å²) in [6, 6.07) is 4.71. The maximum Gasteiger partial charge on any atom is 0.108 e. The topological polar surface area (TPSA) is 24.9 Å². The minimum atomic E-state index is 0.694. The van der Waals surface area contributed by atoms with Gasteiger partial charge in [-0.25, -0.2) is 4.98 Å². The molecule has 0 unspecified atom stereocenters. The first kappa shape index (κ1) is 8.05. The van der Waals surface area contributed by atoms with Gasteiger partial charge in [-0.2, -0.15) is 0 Å². The van der Waals surface area contributed by atoms with Gasteiger partial charge in [-0.1, -0.05) is 0 Å². The highest BCUT2D eigenvalue weighted by atomic mass is 79.9. The van der Waals surface area contributed by atoms with Crippen LogP contribution in [0.3, 0.4) is 0 Å². The van der Waals surface area contributed by atoms with Gasteiger partial charge in [-0.05, 0) is 47.3 Å². The lowest BCUT2D eigenvalue weighted by atomic mass is 9.93. The molecular formula is C9H11BrN2. The van der Waals surface area contributed by atoms with Crippen LogP contribution in [0.5, 0.6) is 0 Å². The Hall–Kier alpha value is -0.570. The predicted molar refractivity (Wildman–Crippen MR) is 53.2 cm³/mol. The van der Waals surface area contributed by atoms with Gasteiger partial charge in [-0.3, -0.25) is 0 Å². The van der Waals surface area contributed by atoms with Crippen molar-refractivity contribution in [1.29, 1.82) is 0 Å². The number of halogens is 1. The molecule has 3 heteroatoms. The quantitative estimate of drug-likeness (QED) is 0.785. The summed E-state index contributed by atoms with van der Waals surface area (Å²) in [6.45, 7) is 0. The third-order valence-electron chi connectivity index (χ3n) is 2.20. The van der Waals surface area contributed by atoms with E-state index in [0.29, 0.717) is 6.04 Å². The summed E-state index contributed by atoms with van der Waals surface area (Å²) < 4.78 is 0.895. The fourth-order valence-electron chi connectivity index (χ4n) is 1.28. The van der Waals surface area contributed by atoms with Crippen LogP contribution < -0.4 is 5.32 Å². The first-order valence-electron chi connectivity index (χ1n) is 4.23. The molecule has 1 saturated carbocycles. The second-order valence-corrected chi connectivity index (χ2v) is 3.95. The fourth-order valence-corrected chi connectivity index (χ4v) is 1.65. The Bertz CT molecular complexity index is 271. The fraction of sp³-hybridized carbons (Fsp3) is 0.444. The first-order valence-corrected chi connectivity index (χ1v) is 5.02. The van der Waals surface area contributed by atoms with Crippen molar-refractivity contribution in [2.45, 2.75) is 25.3 Å². The normalized spacial score (nSPS) is 17.1. The van der Waals surface area contributed by atoms with Crippen LogP contribution in [0.25, 0.3) is 0 Å². The van der Waals surface area contributed by atoms with Crippen LogP contribution >= 0.6 is 15.9 Å². The van der Waals surface area contributed by atoms with Crippen LogP contribution in [0.15, 0.2) is 22.9 Å². The monoisotopic (exact) mass is 226 g/mol. The van der Waals surface area contributed by atoms with Gasteiger partial charge in [0.1, 0.15) is 4.60 Å². The van der Waals surface area contributed by atoms with Gasteiger partial charge >= 0.3 is 0 Å². The summed E-state index contributed by atoms with van der Waals surface area (Å²) in [7, 11) is 0. The molecule has 0 bridgehead atoms. The summed E-state index contributed by atoms with van der Waals surface area (Å²) in [5, 5.41) is 3.45. The van der Waals surface area contributed by atoms with Crippen LogP contribution in [0.4, 0.5) is 5.69 Å². The molecule has 1 N–H and O–H groups in total. The first-order chi connectivity index (χ1) is 5.84. The van der Waals surface area contributed by atoms with Crippen molar-refractivity contribution in [3.05, 3.63) is 22.9 Å². The number of pyridine rings is 1. The number of hydrogen-bond acceptors (Lipinski definition) is 2. The predicted octanol–water partition coefficient (Wildman–Crippen LogP) is 2.81. The molecule has 1 aromatic rings. The Morgan fingerprint density at radius 3 is 2.92 bits per heavy atom. The molecule has 1 aromatic heterocycles. The number of hydrogen-bond donors (Lipinski definition) is 1. The smallest absolute Gasteiger partial charge is 0.108 e. The highest BCUT2D eigenvalue weighted by Gasteiger charge is 2.16. The molecule has 0 amide bonds. The third kappa shape index (κ3) is 1.78. The molecule has 1 aliphatic carbocycles. The highest BCUT2D eigenvalue weighted by Crippen LogP contribution is 2.23. The van der Waals surface area contributed by atoms with E-state index < -0.39 is 0 Å². The Kier molecular flexibility index (Phi) is 2.30. The van der Waals surface area contributed by atoms with Gasteiger partial charge in [0.25, 0.3) is 0 Å². The van der Waals surface area contributed by atoms with Gasteiger partial charge in [0.2, 0.25) is 0 Å². The van der Waals surface area contributed by atoms with Gasteiger partial charge in [0.15, 0.2) is 0 Å². The van der Waals surface area contributed by atoms with Gasteiger partial charge in [0.05, 0.1) is 0 Å². The van der Waals surface area contributed by atoms with E-state index in [1.807, 2.05) is 18.3 Å². The molecule has 1 fully saturated rings. The van der Waals surface area contributed by atoms with Gasteiger partial charge in [-0.15, -0.1) is 0 Å². The van der Waals surface area contributed by atoms with Crippen molar-refractivity contribution >= 4 is 21.6 Å². The average Bonchev–Trinajstić information content (AvgIpc) is 1.97. The summed E-state index contributed by atoms with van der Waals surface area (Å²) in [4.78, 5) is 4.07. The van der Waals surface area contributed by atoms with Crippen molar-refractivity contribution in [3.63, 3.8) is 0 Å². The summed E-state index contributed by atoms with van der Waals surface area (Å²) in [5.74, 6) is 0. The van der Waals surface area contributed by atoms with E-state index in [4.69, 9.17) is 0 Å². The molecule has 0 atom stereocenters. The molecule has 0 aromatic carbocycles. The van der Waals surface area contributed by atoms with Crippen LogP contribution in [-0.2, 0) is 0 Å². The van der Waals surface area contributed by atoms with E-state index in [1.54, 1.807) is 0 Å². The van der Waals surface area contributed by atoms with Crippen molar-refractivity contribution in [1.82, 2.24) is 4.98 Å². The van der Waals surface area contributed by atoms with Crippen molar-refractivity contribution in [2.75, 3.05) is 5.32 Å².